The first-order valence-electron chi connectivity index (χ1n) is 5.51. The molecule has 0 heterocycles. The summed E-state index contributed by atoms with van der Waals surface area (Å²) in [7, 11) is -1.30. The van der Waals surface area contributed by atoms with E-state index in [0.29, 0.717) is 10.6 Å². The molecule has 1 rings (SSSR count). The third-order valence-corrected chi connectivity index (χ3v) is 4.21. The molecule has 0 radical (unpaired) electrons. The van der Waals surface area contributed by atoms with Crippen molar-refractivity contribution in [3.05, 3.63) is 34.6 Å². The van der Waals surface area contributed by atoms with Crippen LogP contribution in [0.3, 0.4) is 0 Å². The Labute approximate surface area is 112 Å². The molecular weight excluding hydrogens is 277 g/mol. The van der Waals surface area contributed by atoms with Crippen LogP contribution < -0.4 is 0 Å². The van der Waals surface area contributed by atoms with Gasteiger partial charge in [0.1, 0.15) is 15.7 Å². The fourth-order valence-electron chi connectivity index (χ4n) is 1.65. The summed E-state index contributed by atoms with van der Waals surface area (Å²) in [6.07, 6.45) is 1.19. The van der Waals surface area contributed by atoms with Crippen LogP contribution >= 0.6 is 11.6 Å². The molecule has 102 valence electrons. The Bertz CT molecular complexity index is 499. The summed E-state index contributed by atoms with van der Waals surface area (Å²) in [4.78, 5) is 1.77. The van der Waals surface area contributed by atoms with E-state index in [1.807, 2.05) is 0 Å². The highest BCUT2D eigenvalue weighted by Gasteiger charge is 2.17. The smallest absolute Gasteiger partial charge is 0.148 e. The lowest BCUT2D eigenvalue weighted by atomic mass is 10.2. The van der Waals surface area contributed by atoms with Gasteiger partial charge in [0.25, 0.3) is 0 Å². The number of nitrogens with zero attached hydrogens (tertiary/aromatic N) is 1. The Hall–Kier alpha value is -0.650. The predicted octanol–water partition coefficient (Wildman–Crippen LogP) is 2.34. The van der Waals surface area contributed by atoms with Crippen LogP contribution in [-0.2, 0) is 16.4 Å². The second kappa shape index (κ2) is 5.99. The first-order chi connectivity index (χ1) is 8.20. The molecule has 18 heavy (non-hydrogen) atoms. The molecular formula is C12H17ClFNO2S. The monoisotopic (exact) mass is 293 g/mol. The van der Waals surface area contributed by atoms with Crippen LogP contribution in [0.4, 0.5) is 4.39 Å². The van der Waals surface area contributed by atoms with E-state index in [9.17, 15) is 12.8 Å². The van der Waals surface area contributed by atoms with Gasteiger partial charge in [0.05, 0.1) is 5.75 Å². The van der Waals surface area contributed by atoms with Crippen molar-refractivity contribution in [1.29, 1.82) is 0 Å². The zero-order valence-corrected chi connectivity index (χ0v) is 12.2. The topological polar surface area (TPSA) is 37.4 Å². The fourth-order valence-corrected chi connectivity index (χ4v) is 3.01. The fraction of sp³-hybridized carbons (Fsp3) is 0.500. The molecule has 1 unspecified atom stereocenters. The molecule has 1 aromatic rings. The second-order valence-electron chi connectivity index (χ2n) is 4.56. The number of hydrogen-bond donors (Lipinski definition) is 0. The molecule has 0 aliphatic heterocycles. The maximum absolute atomic E-state index is 13.6. The van der Waals surface area contributed by atoms with E-state index in [1.54, 1.807) is 31.0 Å². The van der Waals surface area contributed by atoms with E-state index in [4.69, 9.17) is 11.6 Å². The van der Waals surface area contributed by atoms with Crippen molar-refractivity contribution in [2.24, 2.45) is 0 Å². The van der Waals surface area contributed by atoms with E-state index in [1.165, 1.54) is 12.3 Å². The molecule has 0 fully saturated rings. The zero-order chi connectivity index (χ0) is 13.9. The van der Waals surface area contributed by atoms with Gasteiger partial charge in [0.2, 0.25) is 0 Å². The molecule has 0 amide bonds. The number of benzene rings is 1. The van der Waals surface area contributed by atoms with Crippen LogP contribution in [-0.4, -0.2) is 38.4 Å². The molecule has 0 bridgehead atoms. The Morgan fingerprint density at radius 3 is 2.56 bits per heavy atom. The maximum atomic E-state index is 13.6. The summed E-state index contributed by atoms with van der Waals surface area (Å²) in [6.45, 7) is 2.07. The van der Waals surface area contributed by atoms with Gasteiger partial charge in [-0.05, 0) is 26.1 Å². The third kappa shape index (κ3) is 4.55. The van der Waals surface area contributed by atoms with Crippen LogP contribution in [0.1, 0.15) is 12.5 Å². The number of halogens is 2. The number of hydrogen-bond acceptors (Lipinski definition) is 3. The molecule has 0 aliphatic rings. The molecule has 1 atom stereocenters. The van der Waals surface area contributed by atoms with Gasteiger partial charge in [-0.2, -0.15) is 0 Å². The summed E-state index contributed by atoms with van der Waals surface area (Å²) in [5.41, 5.74) is 0.391. The SMILES string of the molecule is CC(CS(C)(=O)=O)N(C)Cc1c(F)cccc1Cl. The van der Waals surface area contributed by atoms with Crippen molar-refractivity contribution in [1.82, 2.24) is 4.90 Å². The molecule has 0 aromatic heterocycles. The van der Waals surface area contributed by atoms with Crippen molar-refractivity contribution in [3.8, 4) is 0 Å². The van der Waals surface area contributed by atoms with Gasteiger partial charge in [-0.25, -0.2) is 12.8 Å². The standard InChI is InChI=1S/C12H17ClFNO2S/c1-9(8-18(3,16)17)15(2)7-10-11(13)5-4-6-12(10)14/h4-6,9H,7-8H2,1-3H3. The molecule has 0 spiro atoms. The van der Waals surface area contributed by atoms with Crippen LogP contribution in [0.2, 0.25) is 5.02 Å². The normalized spacial score (nSPS) is 13.9. The zero-order valence-electron chi connectivity index (χ0n) is 10.7. The summed E-state index contributed by atoms with van der Waals surface area (Å²) in [5.74, 6) is -0.337. The maximum Gasteiger partial charge on any atom is 0.148 e. The van der Waals surface area contributed by atoms with Gasteiger partial charge in [-0.15, -0.1) is 0 Å². The minimum absolute atomic E-state index is 0.0373. The Morgan fingerprint density at radius 2 is 2.06 bits per heavy atom. The van der Waals surface area contributed by atoms with E-state index in [-0.39, 0.29) is 24.2 Å². The molecule has 0 saturated carbocycles. The van der Waals surface area contributed by atoms with Crippen molar-refractivity contribution in [2.45, 2.75) is 19.5 Å². The van der Waals surface area contributed by atoms with E-state index < -0.39 is 9.84 Å². The molecule has 3 nitrogen and oxygen atoms in total. The first-order valence-corrected chi connectivity index (χ1v) is 7.95. The minimum atomic E-state index is -3.05. The largest absolute Gasteiger partial charge is 0.298 e. The predicted molar refractivity (Wildman–Crippen MR) is 72.0 cm³/mol. The van der Waals surface area contributed by atoms with E-state index in [0.717, 1.165) is 0 Å². The molecule has 0 aliphatic carbocycles. The van der Waals surface area contributed by atoms with Crippen molar-refractivity contribution in [3.63, 3.8) is 0 Å². The number of rotatable bonds is 5. The highest BCUT2D eigenvalue weighted by molar-refractivity contribution is 7.90. The Balaban J connectivity index is 2.79. The summed E-state index contributed by atoms with van der Waals surface area (Å²) >= 11 is 5.93. The molecule has 0 N–H and O–H groups in total. The molecule has 1 aromatic carbocycles. The van der Waals surface area contributed by atoms with Crippen molar-refractivity contribution >= 4 is 21.4 Å². The highest BCUT2D eigenvalue weighted by Crippen LogP contribution is 2.21. The van der Waals surface area contributed by atoms with Gasteiger partial charge in [0.15, 0.2) is 0 Å². The summed E-state index contributed by atoms with van der Waals surface area (Å²) < 4.78 is 36.0. The van der Waals surface area contributed by atoms with E-state index >= 15 is 0 Å². The highest BCUT2D eigenvalue weighted by atomic mass is 35.5. The van der Waals surface area contributed by atoms with Crippen LogP contribution in [0.25, 0.3) is 0 Å². The van der Waals surface area contributed by atoms with Crippen LogP contribution in [0.5, 0.6) is 0 Å². The van der Waals surface area contributed by atoms with Crippen LogP contribution in [0, 0.1) is 5.82 Å². The van der Waals surface area contributed by atoms with Gasteiger partial charge in [-0.3, -0.25) is 4.90 Å². The second-order valence-corrected chi connectivity index (χ2v) is 7.15. The average Bonchev–Trinajstić information content (AvgIpc) is 2.21. The van der Waals surface area contributed by atoms with E-state index in [2.05, 4.69) is 0 Å². The first kappa shape index (κ1) is 15.4. The lowest BCUT2D eigenvalue weighted by Gasteiger charge is -2.24. The van der Waals surface area contributed by atoms with Crippen LogP contribution in [0.15, 0.2) is 18.2 Å². The van der Waals surface area contributed by atoms with Gasteiger partial charge in [0, 0.05) is 29.4 Å². The lowest BCUT2D eigenvalue weighted by molar-refractivity contribution is 0.263. The Kier molecular flexibility index (Phi) is 5.13. The minimum Gasteiger partial charge on any atom is -0.298 e. The van der Waals surface area contributed by atoms with Gasteiger partial charge >= 0.3 is 0 Å². The Morgan fingerprint density at radius 1 is 1.44 bits per heavy atom. The van der Waals surface area contributed by atoms with Crippen molar-refractivity contribution < 1.29 is 12.8 Å². The molecule has 0 saturated heterocycles. The lowest BCUT2D eigenvalue weighted by Crippen LogP contribution is -2.34. The van der Waals surface area contributed by atoms with Gasteiger partial charge < -0.3 is 0 Å². The van der Waals surface area contributed by atoms with Crippen molar-refractivity contribution in [2.75, 3.05) is 19.1 Å². The summed E-state index contributed by atoms with van der Waals surface area (Å²) in [6, 6.07) is 4.31. The van der Waals surface area contributed by atoms with Gasteiger partial charge in [-0.1, -0.05) is 17.7 Å². The third-order valence-electron chi connectivity index (χ3n) is 2.77. The summed E-state index contributed by atoms with van der Waals surface area (Å²) in [5, 5.41) is 0.355. The average molecular weight is 294 g/mol. The quantitative estimate of drug-likeness (QED) is 0.836. The number of sulfone groups is 1. The molecule has 6 heteroatoms.